The predicted octanol–water partition coefficient (Wildman–Crippen LogP) is 0.880. The fraction of sp³-hybridized carbons (Fsp3) is 0.500. The third-order valence-corrected chi connectivity index (χ3v) is 3.20. The van der Waals surface area contributed by atoms with Gasteiger partial charge in [-0.3, -0.25) is 9.59 Å². The van der Waals surface area contributed by atoms with Gasteiger partial charge in [0.15, 0.2) is 0 Å². The minimum atomic E-state index is -0.858. The molecule has 0 saturated carbocycles. The van der Waals surface area contributed by atoms with Gasteiger partial charge in [0, 0.05) is 31.9 Å². The van der Waals surface area contributed by atoms with Gasteiger partial charge in [-0.15, -0.1) is 0 Å². The number of hydrogen-bond acceptors (Lipinski definition) is 2. The first-order chi connectivity index (χ1) is 8.16. The van der Waals surface area contributed by atoms with Crippen LogP contribution in [0, 0.1) is 5.92 Å². The number of carboxylic acids is 1. The van der Waals surface area contributed by atoms with E-state index in [9.17, 15) is 9.59 Å². The molecule has 1 fully saturated rings. The Morgan fingerprint density at radius 2 is 2.41 bits per heavy atom. The van der Waals surface area contributed by atoms with E-state index in [4.69, 9.17) is 5.11 Å². The van der Waals surface area contributed by atoms with Crippen molar-refractivity contribution in [3.8, 4) is 0 Å². The highest BCUT2D eigenvalue weighted by molar-refractivity contribution is 5.83. The molecule has 0 aliphatic carbocycles. The molecule has 1 amide bonds. The molecule has 0 radical (unpaired) electrons. The summed E-state index contributed by atoms with van der Waals surface area (Å²) >= 11 is 0. The highest BCUT2D eigenvalue weighted by Crippen LogP contribution is 2.18. The largest absolute Gasteiger partial charge is 0.481 e. The number of nitrogens with zero attached hydrogens (tertiary/aromatic N) is 1. The fourth-order valence-electron chi connectivity index (χ4n) is 2.10. The maximum absolute atomic E-state index is 11.7. The van der Waals surface area contributed by atoms with Crippen molar-refractivity contribution in [2.45, 2.75) is 19.3 Å². The van der Waals surface area contributed by atoms with Crippen molar-refractivity contribution in [2.24, 2.45) is 5.92 Å². The van der Waals surface area contributed by atoms with Gasteiger partial charge in [0.05, 0.1) is 5.92 Å². The third kappa shape index (κ3) is 2.87. The Bertz CT molecular complexity index is 400. The number of carbonyl (C=O) groups excluding carboxylic acids is 1. The molecule has 5 heteroatoms. The lowest BCUT2D eigenvalue weighted by Gasteiger charge is -2.29. The second-order valence-electron chi connectivity index (χ2n) is 4.38. The molecule has 1 atom stereocenters. The Kier molecular flexibility index (Phi) is 3.46. The molecule has 1 aliphatic rings. The molecule has 1 aromatic rings. The highest BCUT2D eigenvalue weighted by Gasteiger charge is 2.29. The SMILES string of the molecule is O=C(O)C1CCN(CCc2cc[nH]c2)C(=O)C1. The summed E-state index contributed by atoms with van der Waals surface area (Å²) in [7, 11) is 0. The molecule has 2 heterocycles. The summed E-state index contributed by atoms with van der Waals surface area (Å²) in [6.07, 6.45) is 5.28. The van der Waals surface area contributed by atoms with Gasteiger partial charge in [0.25, 0.3) is 0 Å². The smallest absolute Gasteiger partial charge is 0.307 e. The summed E-state index contributed by atoms with van der Waals surface area (Å²) in [5, 5.41) is 8.85. The van der Waals surface area contributed by atoms with E-state index in [0.717, 1.165) is 12.0 Å². The molecule has 0 aromatic carbocycles. The van der Waals surface area contributed by atoms with Gasteiger partial charge in [0.2, 0.25) is 5.91 Å². The summed E-state index contributed by atoms with van der Waals surface area (Å²) in [5.41, 5.74) is 1.16. The molecule has 5 nitrogen and oxygen atoms in total. The second kappa shape index (κ2) is 5.03. The first-order valence-corrected chi connectivity index (χ1v) is 5.79. The first-order valence-electron chi connectivity index (χ1n) is 5.79. The Hall–Kier alpha value is -1.78. The van der Waals surface area contributed by atoms with Crippen LogP contribution in [0.25, 0.3) is 0 Å². The molecule has 1 unspecified atom stereocenters. The van der Waals surface area contributed by atoms with E-state index >= 15 is 0 Å². The topological polar surface area (TPSA) is 73.4 Å². The number of hydrogen-bond donors (Lipinski definition) is 2. The molecule has 2 N–H and O–H groups in total. The first kappa shape index (κ1) is 11.7. The van der Waals surface area contributed by atoms with Crippen LogP contribution in [-0.2, 0) is 16.0 Å². The summed E-state index contributed by atoms with van der Waals surface area (Å²) in [4.78, 5) is 27.2. The highest BCUT2D eigenvalue weighted by atomic mass is 16.4. The molecule has 0 bridgehead atoms. The zero-order valence-electron chi connectivity index (χ0n) is 9.56. The average Bonchev–Trinajstić information content (AvgIpc) is 2.80. The molecular weight excluding hydrogens is 220 g/mol. The number of carbonyl (C=O) groups is 2. The number of rotatable bonds is 4. The Morgan fingerprint density at radius 3 is 3.00 bits per heavy atom. The zero-order chi connectivity index (χ0) is 12.3. The van der Waals surface area contributed by atoms with E-state index in [1.54, 1.807) is 4.90 Å². The maximum atomic E-state index is 11.7. The standard InChI is InChI=1S/C12H16N2O3/c15-11-7-10(12(16)17)3-6-14(11)5-2-9-1-4-13-8-9/h1,4,8,10,13H,2-3,5-7H2,(H,16,17). The van der Waals surface area contributed by atoms with Crippen molar-refractivity contribution >= 4 is 11.9 Å². The van der Waals surface area contributed by atoms with E-state index in [1.165, 1.54) is 0 Å². The van der Waals surface area contributed by atoms with Crippen LogP contribution >= 0.6 is 0 Å². The zero-order valence-corrected chi connectivity index (χ0v) is 9.56. The van der Waals surface area contributed by atoms with E-state index < -0.39 is 11.9 Å². The van der Waals surface area contributed by atoms with Crippen molar-refractivity contribution in [3.05, 3.63) is 24.0 Å². The molecule has 1 saturated heterocycles. The van der Waals surface area contributed by atoms with Gasteiger partial charge in [0.1, 0.15) is 0 Å². The van der Waals surface area contributed by atoms with Crippen LogP contribution in [0.2, 0.25) is 0 Å². The van der Waals surface area contributed by atoms with Crippen molar-refractivity contribution in [1.29, 1.82) is 0 Å². The second-order valence-corrected chi connectivity index (χ2v) is 4.38. The van der Waals surface area contributed by atoms with E-state index in [2.05, 4.69) is 4.98 Å². The van der Waals surface area contributed by atoms with Crippen molar-refractivity contribution in [1.82, 2.24) is 9.88 Å². The van der Waals surface area contributed by atoms with E-state index in [-0.39, 0.29) is 12.3 Å². The summed E-state index contributed by atoms with van der Waals surface area (Å²) in [6, 6.07) is 1.98. The monoisotopic (exact) mass is 236 g/mol. The van der Waals surface area contributed by atoms with Crippen molar-refractivity contribution in [2.75, 3.05) is 13.1 Å². The summed E-state index contributed by atoms with van der Waals surface area (Å²) in [6.45, 7) is 1.23. The number of amides is 1. The number of H-pyrrole nitrogens is 1. The average molecular weight is 236 g/mol. The van der Waals surface area contributed by atoms with Gasteiger partial charge in [-0.25, -0.2) is 0 Å². The van der Waals surface area contributed by atoms with Crippen molar-refractivity contribution in [3.63, 3.8) is 0 Å². The molecule has 92 valence electrons. The molecular formula is C12H16N2O3. The minimum Gasteiger partial charge on any atom is -0.481 e. The molecule has 1 aromatic heterocycles. The number of likely N-dealkylation sites (tertiary alicyclic amines) is 1. The number of piperidine rings is 1. The van der Waals surface area contributed by atoms with Crippen LogP contribution in [0.5, 0.6) is 0 Å². The van der Waals surface area contributed by atoms with Gasteiger partial charge in [-0.1, -0.05) is 0 Å². The van der Waals surface area contributed by atoms with Crippen LogP contribution in [0.15, 0.2) is 18.5 Å². The lowest BCUT2D eigenvalue weighted by Crippen LogP contribution is -2.41. The Morgan fingerprint density at radius 1 is 1.59 bits per heavy atom. The number of aromatic nitrogens is 1. The predicted molar refractivity (Wildman–Crippen MR) is 61.4 cm³/mol. The summed E-state index contributed by atoms with van der Waals surface area (Å²) in [5.74, 6) is -1.39. The number of aliphatic carboxylic acids is 1. The van der Waals surface area contributed by atoms with Crippen LogP contribution in [-0.4, -0.2) is 40.0 Å². The number of carboxylic acid groups (broad SMARTS) is 1. The molecule has 2 rings (SSSR count). The van der Waals surface area contributed by atoms with Crippen LogP contribution in [0.3, 0.4) is 0 Å². The number of nitrogens with one attached hydrogen (secondary N) is 1. The van der Waals surface area contributed by atoms with Gasteiger partial charge in [-0.05, 0) is 24.5 Å². The van der Waals surface area contributed by atoms with Crippen LogP contribution < -0.4 is 0 Å². The molecule has 17 heavy (non-hydrogen) atoms. The third-order valence-electron chi connectivity index (χ3n) is 3.20. The van der Waals surface area contributed by atoms with Gasteiger partial charge in [-0.2, -0.15) is 0 Å². The molecule has 0 spiro atoms. The van der Waals surface area contributed by atoms with Gasteiger partial charge < -0.3 is 15.0 Å². The van der Waals surface area contributed by atoms with E-state index in [0.29, 0.717) is 19.5 Å². The van der Waals surface area contributed by atoms with Crippen LogP contribution in [0.1, 0.15) is 18.4 Å². The Balaban J connectivity index is 1.83. The Labute approximate surface area is 99.4 Å². The summed E-state index contributed by atoms with van der Waals surface area (Å²) < 4.78 is 0. The maximum Gasteiger partial charge on any atom is 0.307 e. The minimum absolute atomic E-state index is 0.0424. The lowest BCUT2D eigenvalue weighted by molar-refractivity contribution is -0.149. The molecule has 1 aliphatic heterocycles. The van der Waals surface area contributed by atoms with Gasteiger partial charge >= 0.3 is 5.97 Å². The van der Waals surface area contributed by atoms with Crippen molar-refractivity contribution < 1.29 is 14.7 Å². The lowest BCUT2D eigenvalue weighted by atomic mass is 9.96. The fourth-order valence-corrected chi connectivity index (χ4v) is 2.10. The number of aromatic amines is 1. The quantitative estimate of drug-likeness (QED) is 0.815. The van der Waals surface area contributed by atoms with E-state index in [1.807, 2.05) is 18.5 Å². The van der Waals surface area contributed by atoms with Crippen LogP contribution in [0.4, 0.5) is 0 Å². The normalized spacial score (nSPS) is 20.6.